The molecule has 0 atom stereocenters. The van der Waals surface area contributed by atoms with Crippen LogP contribution in [-0.2, 0) is 0 Å². The SMILES string of the molecule is O=C(c1ccc(O)cc1)C1CCC(C(=O)c2ccc(O)cc2)CC1. The minimum atomic E-state index is -0.0570. The van der Waals surface area contributed by atoms with E-state index in [1.165, 1.54) is 24.3 Å². The van der Waals surface area contributed by atoms with Gasteiger partial charge in [0.15, 0.2) is 11.6 Å². The molecule has 0 amide bonds. The first-order valence-corrected chi connectivity index (χ1v) is 8.21. The van der Waals surface area contributed by atoms with Crippen molar-refractivity contribution in [3.8, 4) is 11.5 Å². The molecule has 1 fully saturated rings. The molecule has 2 aromatic rings. The van der Waals surface area contributed by atoms with Crippen molar-refractivity contribution in [3.63, 3.8) is 0 Å². The van der Waals surface area contributed by atoms with Crippen molar-refractivity contribution < 1.29 is 19.8 Å². The first kappa shape index (κ1) is 16.2. The van der Waals surface area contributed by atoms with Crippen LogP contribution in [0.4, 0.5) is 0 Å². The number of hydrogen-bond acceptors (Lipinski definition) is 4. The number of phenols is 2. The molecule has 2 N–H and O–H groups in total. The number of hydrogen-bond donors (Lipinski definition) is 2. The normalized spacial score (nSPS) is 20.5. The third-order valence-corrected chi connectivity index (χ3v) is 4.77. The molecule has 0 bridgehead atoms. The number of aromatic hydroxyl groups is 2. The molecule has 0 radical (unpaired) electrons. The maximum absolute atomic E-state index is 12.5. The van der Waals surface area contributed by atoms with Gasteiger partial charge in [-0.3, -0.25) is 9.59 Å². The van der Waals surface area contributed by atoms with Gasteiger partial charge in [-0.2, -0.15) is 0 Å². The Kier molecular flexibility index (Phi) is 4.65. The smallest absolute Gasteiger partial charge is 0.165 e. The monoisotopic (exact) mass is 324 g/mol. The molecule has 2 aromatic carbocycles. The van der Waals surface area contributed by atoms with Crippen LogP contribution in [0.5, 0.6) is 11.5 Å². The van der Waals surface area contributed by atoms with Crippen LogP contribution in [0.3, 0.4) is 0 Å². The average molecular weight is 324 g/mol. The third kappa shape index (κ3) is 3.48. The zero-order valence-electron chi connectivity index (χ0n) is 13.3. The van der Waals surface area contributed by atoms with Gasteiger partial charge in [-0.05, 0) is 74.2 Å². The van der Waals surface area contributed by atoms with E-state index in [1.807, 2.05) is 0 Å². The molecule has 4 nitrogen and oxygen atoms in total. The largest absolute Gasteiger partial charge is 0.508 e. The summed E-state index contributed by atoms with van der Waals surface area (Å²) in [5.41, 5.74) is 1.22. The van der Waals surface area contributed by atoms with E-state index in [0.29, 0.717) is 36.8 Å². The molecular formula is C20H20O4. The van der Waals surface area contributed by atoms with E-state index in [4.69, 9.17) is 0 Å². The van der Waals surface area contributed by atoms with Gasteiger partial charge in [0.2, 0.25) is 0 Å². The highest BCUT2D eigenvalue weighted by Gasteiger charge is 2.30. The Balaban J connectivity index is 1.61. The Morgan fingerprint density at radius 1 is 0.625 bits per heavy atom. The van der Waals surface area contributed by atoms with Crippen LogP contribution >= 0.6 is 0 Å². The number of benzene rings is 2. The fourth-order valence-corrected chi connectivity index (χ4v) is 3.34. The summed E-state index contributed by atoms with van der Waals surface area (Å²) >= 11 is 0. The summed E-state index contributed by atoms with van der Waals surface area (Å²) in [6, 6.07) is 12.7. The van der Waals surface area contributed by atoms with Crippen molar-refractivity contribution in [3.05, 3.63) is 59.7 Å². The Labute approximate surface area is 140 Å². The number of Topliss-reactive ketones (excluding diaryl/α,β-unsaturated/α-hetero) is 2. The Morgan fingerprint density at radius 2 is 0.917 bits per heavy atom. The zero-order valence-corrected chi connectivity index (χ0v) is 13.3. The summed E-state index contributed by atoms with van der Waals surface area (Å²) in [5.74, 6) is 0.359. The summed E-state index contributed by atoms with van der Waals surface area (Å²) in [5, 5.41) is 18.6. The summed E-state index contributed by atoms with van der Waals surface area (Å²) in [4.78, 5) is 25.0. The molecule has 0 heterocycles. The Bertz CT molecular complexity index is 658. The highest BCUT2D eigenvalue weighted by Crippen LogP contribution is 2.33. The maximum Gasteiger partial charge on any atom is 0.165 e. The van der Waals surface area contributed by atoms with Crippen molar-refractivity contribution in [1.29, 1.82) is 0 Å². The van der Waals surface area contributed by atoms with Crippen LogP contribution in [0.15, 0.2) is 48.5 Å². The molecule has 4 heteroatoms. The Morgan fingerprint density at radius 3 is 1.21 bits per heavy atom. The lowest BCUT2D eigenvalue weighted by Crippen LogP contribution is -2.26. The molecule has 0 aliphatic heterocycles. The van der Waals surface area contributed by atoms with Crippen molar-refractivity contribution in [2.24, 2.45) is 11.8 Å². The van der Waals surface area contributed by atoms with Gasteiger partial charge in [0.25, 0.3) is 0 Å². The lowest BCUT2D eigenvalue weighted by molar-refractivity contribution is 0.0797. The van der Waals surface area contributed by atoms with E-state index in [1.54, 1.807) is 24.3 Å². The van der Waals surface area contributed by atoms with E-state index < -0.39 is 0 Å². The molecule has 0 saturated heterocycles. The number of ketones is 2. The standard InChI is InChI=1S/C20H20O4/c21-17-9-5-15(6-10-17)19(23)13-1-2-14(4-3-13)20(24)16-7-11-18(22)12-8-16/h5-14,21-22H,1-4H2. The predicted molar refractivity (Wildman–Crippen MR) is 90.3 cm³/mol. The lowest BCUT2D eigenvalue weighted by atomic mass is 9.76. The maximum atomic E-state index is 12.5. The number of carbonyl (C=O) groups excluding carboxylic acids is 2. The molecule has 24 heavy (non-hydrogen) atoms. The van der Waals surface area contributed by atoms with Gasteiger partial charge in [-0.1, -0.05) is 0 Å². The first-order valence-electron chi connectivity index (χ1n) is 8.21. The van der Waals surface area contributed by atoms with Gasteiger partial charge >= 0.3 is 0 Å². The first-order chi connectivity index (χ1) is 11.5. The van der Waals surface area contributed by atoms with Gasteiger partial charge in [-0.25, -0.2) is 0 Å². The number of carbonyl (C=O) groups is 2. The summed E-state index contributed by atoms with van der Waals surface area (Å²) in [7, 11) is 0. The molecule has 1 aliphatic rings. The number of phenolic OH excluding ortho intramolecular Hbond substituents is 2. The highest BCUT2D eigenvalue weighted by atomic mass is 16.3. The molecule has 0 aromatic heterocycles. The Hall–Kier alpha value is -2.62. The van der Waals surface area contributed by atoms with Crippen molar-refractivity contribution >= 4 is 11.6 Å². The van der Waals surface area contributed by atoms with Gasteiger partial charge in [-0.15, -0.1) is 0 Å². The second-order valence-electron chi connectivity index (χ2n) is 6.37. The fraction of sp³-hybridized carbons (Fsp3) is 0.300. The van der Waals surface area contributed by atoms with Crippen LogP contribution in [0.25, 0.3) is 0 Å². The molecule has 1 saturated carbocycles. The van der Waals surface area contributed by atoms with E-state index in [2.05, 4.69) is 0 Å². The van der Waals surface area contributed by atoms with Gasteiger partial charge in [0, 0.05) is 23.0 Å². The molecule has 3 rings (SSSR count). The highest BCUT2D eigenvalue weighted by molar-refractivity contribution is 5.99. The van der Waals surface area contributed by atoms with E-state index in [0.717, 1.165) is 0 Å². The lowest BCUT2D eigenvalue weighted by Gasteiger charge is -2.27. The van der Waals surface area contributed by atoms with E-state index in [9.17, 15) is 19.8 Å². The van der Waals surface area contributed by atoms with Crippen molar-refractivity contribution in [1.82, 2.24) is 0 Å². The zero-order chi connectivity index (χ0) is 17.1. The van der Waals surface area contributed by atoms with Crippen LogP contribution in [0, 0.1) is 11.8 Å². The minimum absolute atomic E-state index is 0.0570. The van der Waals surface area contributed by atoms with Crippen LogP contribution < -0.4 is 0 Å². The van der Waals surface area contributed by atoms with Gasteiger partial charge in [0.05, 0.1) is 0 Å². The summed E-state index contributed by atoms with van der Waals surface area (Å²) in [6.45, 7) is 0. The number of rotatable bonds is 4. The van der Waals surface area contributed by atoms with Crippen molar-refractivity contribution in [2.75, 3.05) is 0 Å². The van der Waals surface area contributed by atoms with Crippen LogP contribution in [-0.4, -0.2) is 21.8 Å². The molecule has 0 spiro atoms. The van der Waals surface area contributed by atoms with Crippen LogP contribution in [0.2, 0.25) is 0 Å². The molecular weight excluding hydrogens is 304 g/mol. The fourth-order valence-electron chi connectivity index (χ4n) is 3.34. The molecule has 0 unspecified atom stereocenters. The van der Waals surface area contributed by atoms with Crippen LogP contribution in [0.1, 0.15) is 46.4 Å². The second-order valence-corrected chi connectivity index (χ2v) is 6.37. The average Bonchev–Trinajstić information content (AvgIpc) is 2.62. The third-order valence-electron chi connectivity index (χ3n) is 4.77. The van der Waals surface area contributed by atoms with Gasteiger partial charge in [0.1, 0.15) is 11.5 Å². The minimum Gasteiger partial charge on any atom is -0.508 e. The van der Waals surface area contributed by atoms with E-state index in [-0.39, 0.29) is 34.9 Å². The summed E-state index contributed by atoms with van der Waals surface area (Å²) in [6.07, 6.45) is 2.81. The predicted octanol–water partition coefficient (Wildman–Crippen LogP) is 3.97. The molecule has 124 valence electrons. The van der Waals surface area contributed by atoms with Gasteiger partial charge < -0.3 is 10.2 Å². The molecule has 1 aliphatic carbocycles. The topological polar surface area (TPSA) is 74.6 Å². The quantitative estimate of drug-likeness (QED) is 0.835. The second kappa shape index (κ2) is 6.87. The van der Waals surface area contributed by atoms with E-state index >= 15 is 0 Å². The summed E-state index contributed by atoms with van der Waals surface area (Å²) < 4.78 is 0. The van der Waals surface area contributed by atoms with Crippen molar-refractivity contribution in [2.45, 2.75) is 25.7 Å².